The van der Waals surface area contributed by atoms with Crippen molar-refractivity contribution in [3.05, 3.63) is 52.1 Å². The van der Waals surface area contributed by atoms with Crippen LogP contribution in [0.4, 0.5) is 10.1 Å². The van der Waals surface area contributed by atoms with Gasteiger partial charge in [-0.3, -0.25) is 10.1 Å². The van der Waals surface area contributed by atoms with E-state index in [0.717, 1.165) is 19.2 Å². The number of rotatable bonds is 4. The van der Waals surface area contributed by atoms with Crippen LogP contribution in [0.5, 0.6) is 0 Å². The smallest absolute Gasteiger partial charge is 0.336 e. The summed E-state index contributed by atoms with van der Waals surface area (Å²) in [5, 5.41) is 10.4. The van der Waals surface area contributed by atoms with Crippen LogP contribution in [0, 0.1) is 10.1 Å². The van der Waals surface area contributed by atoms with E-state index in [1.807, 2.05) is 0 Å². The number of benzene rings is 1. The average Bonchev–Trinajstić information content (AvgIpc) is 2.36. The number of halogens is 1. The molecule has 90 valence electrons. The van der Waals surface area contributed by atoms with E-state index < -0.39 is 17.1 Å². The van der Waals surface area contributed by atoms with Gasteiger partial charge in [-0.05, 0) is 17.7 Å². The summed E-state index contributed by atoms with van der Waals surface area (Å²) in [7, 11) is 1.12. The molecule has 1 unspecified atom stereocenters. The van der Waals surface area contributed by atoms with Crippen LogP contribution in [0.2, 0.25) is 0 Å². The number of esters is 1. The summed E-state index contributed by atoms with van der Waals surface area (Å²) in [5.74, 6) is -0.851. The van der Waals surface area contributed by atoms with Crippen molar-refractivity contribution < 1.29 is 18.8 Å². The van der Waals surface area contributed by atoms with Gasteiger partial charge in [-0.1, -0.05) is 6.58 Å². The monoisotopic (exact) mass is 239 g/mol. The lowest BCUT2D eigenvalue weighted by atomic mass is 10.0. The first-order chi connectivity index (χ1) is 7.97. The van der Waals surface area contributed by atoms with Crippen LogP contribution in [0.15, 0.2) is 36.4 Å². The normalized spacial score (nSPS) is 11.6. The number of ether oxygens (including phenoxy) is 1. The Bertz CT molecular complexity index is 455. The molecule has 0 saturated carbocycles. The van der Waals surface area contributed by atoms with Gasteiger partial charge in [0.25, 0.3) is 5.69 Å². The lowest BCUT2D eigenvalue weighted by molar-refractivity contribution is -0.384. The molecule has 0 N–H and O–H groups in total. The predicted molar refractivity (Wildman–Crippen MR) is 58.1 cm³/mol. The van der Waals surface area contributed by atoms with Gasteiger partial charge in [-0.15, -0.1) is 0 Å². The standard InChI is InChI=1S/C11H10FNO4/c1-7(11(14)17-2)10(12)8-3-5-9(6-4-8)13(15)16/h3-6,10H,1H2,2H3. The molecule has 0 aliphatic heterocycles. The fourth-order valence-corrected chi connectivity index (χ4v) is 1.20. The number of non-ortho nitro benzene ring substituents is 1. The van der Waals surface area contributed by atoms with Crippen molar-refractivity contribution in [2.24, 2.45) is 0 Å². The molecule has 0 spiro atoms. The van der Waals surface area contributed by atoms with Gasteiger partial charge < -0.3 is 4.74 Å². The highest BCUT2D eigenvalue weighted by atomic mass is 19.1. The van der Waals surface area contributed by atoms with Crippen molar-refractivity contribution >= 4 is 11.7 Å². The lowest BCUT2D eigenvalue weighted by Gasteiger charge is -2.09. The first kappa shape index (κ1) is 12.8. The van der Waals surface area contributed by atoms with Crippen molar-refractivity contribution in [3.63, 3.8) is 0 Å². The van der Waals surface area contributed by atoms with E-state index in [9.17, 15) is 19.3 Å². The van der Waals surface area contributed by atoms with E-state index in [-0.39, 0.29) is 16.8 Å². The van der Waals surface area contributed by atoms with Crippen LogP contribution >= 0.6 is 0 Å². The molecular formula is C11H10FNO4. The topological polar surface area (TPSA) is 69.4 Å². The Balaban J connectivity index is 2.90. The molecule has 0 aromatic heterocycles. The first-order valence-corrected chi connectivity index (χ1v) is 4.63. The van der Waals surface area contributed by atoms with Crippen molar-refractivity contribution in [2.45, 2.75) is 6.17 Å². The molecule has 1 atom stereocenters. The largest absolute Gasteiger partial charge is 0.466 e. The van der Waals surface area contributed by atoms with E-state index >= 15 is 0 Å². The highest BCUT2D eigenvalue weighted by molar-refractivity contribution is 5.89. The Morgan fingerprint density at radius 3 is 2.41 bits per heavy atom. The molecule has 1 aromatic carbocycles. The molecule has 0 aliphatic carbocycles. The second-order valence-corrected chi connectivity index (χ2v) is 3.23. The lowest BCUT2D eigenvalue weighted by Crippen LogP contribution is -2.09. The Morgan fingerprint density at radius 1 is 1.47 bits per heavy atom. The zero-order chi connectivity index (χ0) is 13.0. The molecular weight excluding hydrogens is 229 g/mol. The SMILES string of the molecule is C=C(C(=O)OC)C(F)c1ccc([N+](=O)[O-])cc1. The van der Waals surface area contributed by atoms with E-state index in [0.29, 0.717) is 0 Å². The number of alkyl halides is 1. The van der Waals surface area contributed by atoms with E-state index in [2.05, 4.69) is 11.3 Å². The molecule has 0 saturated heterocycles. The predicted octanol–water partition coefficient (Wildman–Crippen LogP) is 2.33. The molecule has 0 amide bonds. The van der Waals surface area contributed by atoms with Gasteiger partial charge in [-0.2, -0.15) is 0 Å². The summed E-state index contributed by atoms with van der Waals surface area (Å²) in [5.41, 5.74) is -0.378. The Hall–Kier alpha value is -2.24. The van der Waals surface area contributed by atoms with Crippen LogP contribution in [0.25, 0.3) is 0 Å². The Labute approximate surface area is 96.7 Å². The fraction of sp³-hybridized carbons (Fsp3) is 0.182. The number of nitrogens with zero attached hydrogens (tertiary/aromatic N) is 1. The summed E-state index contributed by atoms with van der Waals surface area (Å²) >= 11 is 0. The average molecular weight is 239 g/mol. The number of hydrogen-bond donors (Lipinski definition) is 0. The van der Waals surface area contributed by atoms with Gasteiger partial charge in [0.15, 0.2) is 6.17 Å². The van der Waals surface area contributed by atoms with Gasteiger partial charge in [0.1, 0.15) is 0 Å². The number of nitro benzene ring substituents is 1. The molecule has 1 rings (SSSR count). The highest BCUT2D eigenvalue weighted by Gasteiger charge is 2.21. The van der Waals surface area contributed by atoms with Crippen molar-refractivity contribution in [2.75, 3.05) is 7.11 Å². The quantitative estimate of drug-likeness (QED) is 0.350. The number of methoxy groups -OCH3 is 1. The molecule has 0 fully saturated rings. The summed E-state index contributed by atoms with van der Waals surface area (Å²) in [6.45, 7) is 3.28. The maximum atomic E-state index is 13.7. The number of nitro groups is 1. The van der Waals surface area contributed by atoms with Crippen LogP contribution < -0.4 is 0 Å². The minimum Gasteiger partial charge on any atom is -0.466 e. The van der Waals surface area contributed by atoms with E-state index in [1.54, 1.807) is 0 Å². The van der Waals surface area contributed by atoms with Gasteiger partial charge in [0.05, 0.1) is 17.6 Å². The molecule has 1 aromatic rings. The number of carbonyl (C=O) groups is 1. The molecule has 0 aliphatic rings. The Morgan fingerprint density at radius 2 is 2.00 bits per heavy atom. The van der Waals surface area contributed by atoms with Crippen molar-refractivity contribution in [1.29, 1.82) is 0 Å². The second kappa shape index (κ2) is 5.20. The van der Waals surface area contributed by atoms with E-state index in [1.165, 1.54) is 12.1 Å². The molecule has 17 heavy (non-hydrogen) atoms. The molecule has 5 nitrogen and oxygen atoms in total. The maximum absolute atomic E-state index is 13.7. The highest BCUT2D eigenvalue weighted by Crippen LogP contribution is 2.26. The first-order valence-electron chi connectivity index (χ1n) is 4.63. The summed E-state index contributed by atoms with van der Waals surface area (Å²) in [6.07, 6.45) is -1.73. The third kappa shape index (κ3) is 2.87. The molecule has 6 heteroatoms. The third-order valence-electron chi connectivity index (χ3n) is 2.15. The van der Waals surface area contributed by atoms with Crippen molar-refractivity contribution in [3.8, 4) is 0 Å². The zero-order valence-electron chi connectivity index (χ0n) is 9.05. The molecule has 0 radical (unpaired) electrons. The fourth-order valence-electron chi connectivity index (χ4n) is 1.20. The summed E-state index contributed by atoms with van der Waals surface area (Å²) in [6, 6.07) is 4.78. The van der Waals surface area contributed by atoms with Crippen molar-refractivity contribution in [1.82, 2.24) is 0 Å². The minimum atomic E-state index is -1.73. The second-order valence-electron chi connectivity index (χ2n) is 3.23. The molecule has 0 heterocycles. The summed E-state index contributed by atoms with van der Waals surface area (Å²) in [4.78, 5) is 20.8. The Kier molecular flexibility index (Phi) is 3.92. The zero-order valence-corrected chi connectivity index (χ0v) is 9.05. The van der Waals surface area contributed by atoms with Crippen LogP contribution in [-0.2, 0) is 9.53 Å². The van der Waals surface area contributed by atoms with Gasteiger partial charge in [0, 0.05) is 12.1 Å². The summed E-state index contributed by atoms with van der Waals surface area (Å²) < 4.78 is 18.1. The van der Waals surface area contributed by atoms with Gasteiger partial charge in [-0.25, -0.2) is 9.18 Å². The van der Waals surface area contributed by atoms with Crippen LogP contribution in [0.1, 0.15) is 11.7 Å². The van der Waals surface area contributed by atoms with Crippen LogP contribution in [-0.4, -0.2) is 18.0 Å². The maximum Gasteiger partial charge on any atom is 0.336 e. The van der Waals surface area contributed by atoms with Gasteiger partial charge in [0.2, 0.25) is 0 Å². The van der Waals surface area contributed by atoms with Gasteiger partial charge >= 0.3 is 5.97 Å². The van der Waals surface area contributed by atoms with Crippen LogP contribution in [0.3, 0.4) is 0 Å². The number of hydrogen-bond acceptors (Lipinski definition) is 4. The number of carbonyl (C=O) groups excluding carboxylic acids is 1. The van der Waals surface area contributed by atoms with E-state index in [4.69, 9.17) is 0 Å². The third-order valence-corrected chi connectivity index (χ3v) is 2.15. The molecule has 0 bridgehead atoms. The minimum absolute atomic E-state index is 0.117.